The van der Waals surface area contributed by atoms with Gasteiger partial charge in [-0.15, -0.1) is 0 Å². The number of nitrogens with two attached hydrogens (primary N) is 1. The van der Waals surface area contributed by atoms with Crippen molar-refractivity contribution < 1.29 is 4.74 Å². The van der Waals surface area contributed by atoms with Crippen molar-refractivity contribution in [1.29, 1.82) is 0 Å². The van der Waals surface area contributed by atoms with Crippen LogP contribution in [0.15, 0.2) is 42.5 Å². The van der Waals surface area contributed by atoms with E-state index in [0.717, 1.165) is 36.3 Å². The first-order chi connectivity index (χ1) is 9.78. The SMILES string of the molecule is COc1ccc2c(c1)CCCC(c1ccccc1N)=C2. The molecule has 0 saturated carbocycles. The standard InChI is InChI=1S/C18H19NO/c1-20-16-10-9-14-11-15(6-4-5-13(14)12-16)17-7-2-3-8-18(17)19/h2-3,7-12H,4-6,19H2,1H3. The Morgan fingerprint density at radius 3 is 2.70 bits per heavy atom. The highest BCUT2D eigenvalue weighted by Gasteiger charge is 2.12. The molecule has 0 unspecified atom stereocenters. The molecule has 0 aromatic heterocycles. The largest absolute Gasteiger partial charge is 0.497 e. The second kappa shape index (κ2) is 5.41. The number of nitrogen functional groups attached to an aromatic ring is 1. The number of allylic oxidation sites excluding steroid dienone is 1. The third-order valence-corrected chi connectivity index (χ3v) is 3.88. The lowest BCUT2D eigenvalue weighted by Gasteiger charge is -2.09. The molecule has 2 nitrogen and oxygen atoms in total. The molecule has 2 aromatic rings. The lowest BCUT2D eigenvalue weighted by Crippen LogP contribution is -1.93. The molecule has 2 aromatic carbocycles. The van der Waals surface area contributed by atoms with Gasteiger partial charge in [0.25, 0.3) is 0 Å². The fourth-order valence-electron chi connectivity index (χ4n) is 2.80. The molecule has 0 bridgehead atoms. The molecule has 3 rings (SSSR count). The minimum absolute atomic E-state index is 0.857. The van der Waals surface area contributed by atoms with Gasteiger partial charge in [0.1, 0.15) is 5.75 Å². The molecule has 0 radical (unpaired) electrons. The fourth-order valence-corrected chi connectivity index (χ4v) is 2.80. The van der Waals surface area contributed by atoms with Crippen molar-refractivity contribution in [2.24, 2.45) is 0 Å². The van der Waals surface area contributed by atoms with Crippen molar-refractivity contribution >= 4 is 17.3 Å². The lowest BCUT2D eigenvalue weighted by molar-refractivity contribution is 0.414. The zero-order valence-corrected chi connectivity index (χ0v) is 11.7. The lowest BCUT2D eigenvalue weighted by atomic mass is 9.99. The maximum atomic E-state index is 6.11. The summed E-state index contributed by atoms with van der Waals surface area (Å²) < 4.78 is 5.31. The van der Waals surface area contributed by atoms with Crippen molar-refractivity contribution in [3.05, 3.63) is 59.2 Å². The summed E-state index contributed by atoms with van der Waals surface area (Å²) in [6.45, 7) is 0. The number of aryl methyl sites for hydroxylation is 1. The van der Waals surface area contributed by atoms with Gasteiger partial charge < -0.3 is 10.5 Å². The van der Waals surface area contributed by atoms with E-state index in [1.807, 2.05) is 24.3 Å². The summed E-state index contributed by atoms with van der Waals surface area (Å²) in [5.74, 6) is 0.930. The van der Waals surface area contributed by atoms with Gasteiger partial charge in [0, 0.05) is 11.3 Å². The average molecular weight is 265 g/mol. The summed E-state index contributed by atoms with van der Waals surface area (Å²) in [6.07, 6.45) is 5.55. The molecule has 0 saturated heterocycles. The molecule has 20 heavy (non-hydrogen) atoms. The number of rotatable bonds is 2. The van der Waals surface area contributed by atoms with Crippen LogP contribution in [0.2, 0.25) is 0 Å². The summed E-state index contributed by atoms with van der Waals surface area (Å²) >= 11 is 0. The van der Waals surface area contributed by atoms with Gasteiger partial charge in [0.15, 0.2) is 0 Å². The van der Waals surface area contributed by atoms with E-state index < -0.39 is 0 Å². The van der Waals surface area contributed by atoms with E-state index in [-0.39, 0.29) is 0 Å². The van der Waals surface area contributed by atoms with Gasteiger partial charge in [0.05, 0.1) is 7.11 Å². The zero-order valence-electron chi connectivity index (χ0n) is 11.7. The van der Waals surface area contributed by atoms with E-state index in [4.69, 9.17) is 10.5 Å². The minimum atomic E-state index is 0.857. The molecular weight excluding hydrogens is 246 g/mol. The van der Waals surface area contributed by atoms with Gasteiger partial charge >= 0.3 is 0 Å². The van der Waals surface area contributed by atoms with Crippen molar-refractivity contribution in [2.75, 3.05) is 12.8 Å². The molecule has 102 valence electrons. The third-order valence-electron chi connectivity index (χ3n) is 3.88. The van der Waals surface area contributed by atoms with E-state index in [2.05, 4.69) is 24.3 Å². The van der Waals surface area contributed by atoms with E-state index in [9.17, 15) is 0 Å². The predicted molar refractivity (Wildman–Crippen MR) is 84.7 cm³/mol. The highest BCUT2D eigenvalue weighted by atomic mass is 16.5. The van der Waals surface area contributed by atoms with Crippen molar-refractivity contribution in [3.63, 3.8) is 0 Å². The quantitative estimate of drug-likeness (QED) is 0.828. The third kappa shape index (κ3) is 2.42. The fraction of sp³-hybridized carbons (Fsp3) is 0.222. The van der Waals surface area contributed by atoms with Crippen LogP contribution in [0.3, 0.4) is 0 Å². The molecule has 0 heterocycles. The van der Waals surface area contributed by atoms with Crippen LogP contribution in [0.25, 0.3) is 11.6 Å². The number of para-hydroxylation sites is 1. The average Bonchev–Trinajstić information content (AvgIpc) is 2.69. The van der Waals surface area contributed by atoms with Gasteiger partial charge in [-0.3, -0.25) is 0 Å². The number of anilines is 1. The number of fused-ring (bicyclic) bond motifs is 1. The highest BCUT2D eigenvalue weighted by molar-refractivity contribution is 5.87. The molecule has 2 N–H and O–H groups in total. The Kier molecular flexibility index (Phi) is 3.46. The maximum Gasteiger partial charge on any atom is 0.119 e. The maximum absolute atomic E-state index is 6.11. The summed E-state index contributed by atoms with van der Waals surface area (Å²) in [6, 6.07) is 14.4. The Labute approximate surface area is 119 Å². The monoisotopic (exact) mass is 265 g/mol. The van der Waals surface area contributed by atoms with Crippen LogP contribution >= 0.6 is 0 Å². The number of benzene rings is 2. The molecule has 0 fully saturated rings. The van der Waals surface area contributed by atoms with Crippen LogP contribution in [-0.4, -0.2) is 7.11 Å². The molecule has 0 atom stereocenters. The zero-order chi connectivity index (χ0) is 13.9. The van der Waals surface area contributed by atoms with Crippen LogP contribution in [0.4, 0.5) is 5.69 Å². The number of methoxy groups -OCH3 is 1. The first kappa shape index (κ1) is 12.8. The first-order valence-electron chi connectivity index (χ1n) is 7.00. The summed E-state index contributed by atoms with van der Waals surface area (Å²) in [5, 5.41) is 0. The Bertz CT molecular complexity index is 658. The van der Waals surface area contributed by atoms with Gasteiger partial charge in [-0.2, -0.15) is 0 Å². The van der Waals surface area contributed by atoms with E-state index in [0.29, 0.717) is 0 Å². The normalized spacial score (nSPS) is 14.2. The van der Waals surface area contributed by atoms with E-state index >= 15 is 0 Å². The summed E-state index contributed by atoms with van der Waals surface area (Å²) in [4.78, 5) is 0. The first-order valence-corrected chi connectivity index (χ1v) is 7.00. The van der Waals surface area contributed by atoms with Gasteiger partial charge in [-0.05, 0) is 54.2 Å². The smallest absolute Gasteiger partial charge is 0.119 e. The minimum Gasteiger partial charge on any atom is -0.497 e. The molecule has 2 heteroatoms. The number of ether oxygens (including phenoxy) is 1. The second-order valence-corrected chi connectivity index (χ2v) is 5.18. The Morgan fingerprint density at radius 1 is 1.05 bits per heavy atom. The van der Waals surface area contributed by atoms with Gasteiger partial charge in [-0.25, -0.2) is 0 Å². The van der Waals surface area contributed by atoms with Crippen LogP contribution < -0.4 is 10.5 Å². The topological polar surface area (TPSA) is 35.2 Å². The molecule has 0 amide bonds. The molecular formula is C18H19NO. The Morgan fingerprint density at radius 2 is 1.90 bits per heavy atom. The van der Waals surface area contributed by atoms with E-state index in [1.165, 1.54) is 16.7 Å². The predicted octanol–water partition coefficient (Wildman–Crippen LogP) is 4.15. The van der Waals surface area contributed by atoms with Crippen molar-refractivity contribution in [2.45, 2.75) is 19.3 Å². The van der Waals surface area contributed by atoms with Gasteiger partial charge in [-0.1, -0.05) is 30.3 Å². The summed E-state index contributed by atoms with van der Waals surface area (Å²) in [7, 11) is 1.71. The van der Waals surface area contributed by atoms with Crippen LogP contribution in [0, 0.1) is 0 Å². The molecule has 1 aliphatic carbocycles. The van der Waals surface area contributed by atoms with Crippen LogP contribution in [-0.2, 0) is 6.42 Å². The van der Waals surface area contributed by atoms with Crippen molar-refractivity contribution in [3.8, 4) is 5.75 Å². The number of hydrogen-bond acceptors (Lipinski definition) is 2. The molecule has 1 aliphatic rings. The second-order valence-electron chi connectivity index (χ2n) is 5.18. The van der Waals surface area contributed by atoms with Gasteiger partial charge in [0.2, 0.25) is 0 Å². The highest BCUT2D eigenvalue weighted by Crippen LogP contribution is 2.33. The van der Waals surface area contributed by atoms with Crippen LogP contribution in [0.5, 0.6) is 5.75 Å². The Balaban J connectivity index is 2.05. The summed E-state index contributed by atoms with van der Waals surface area (Å²) in [5.41, 5.74) is 12.1. The van der Waals surface area contributed by atoms with E-state index in [1.54, 1.807) is 7.11 Å². The Hall–Kier alpha value is -2.22. The number of hydrogen-bond donors (Lipinski definition) is 1. The van der Waals surface area contributed by atoms with Crippen LogP contribution in [0.1, 0.15) is 29.5 Å². The molecule has 0 aliphatic heterocycles. The molecule has 0 spiro atoms. The van der Waals surface area contributed by atoms with Crippen molar-refractivity contribution in [1.82, 2.24) is 0 Å².